The Morgan fingerprint density at radius 1 is 1.44 bits per heavy atom. The summed E-state index contributed by atoms with van der Waals surface area (Å²) in [5.41, 5.74) is 1.25. The van der Waals surface area contributed by atoms with Crippen molar-refractivity contribution in [2.45, 2.75) is 39.7 Å². The van der Waals surface area contributed by atoms with Crippen LogP contribution in [0.2, 0.25) is 0 Å². The van der Waals surface area contributed by atoms with Gasteiger partial charge in [-0.1, -0.05) is 20.8 Å². The predicted octanol–water partition coefficient (Wildman–Crippen LogP) is 2.56. The summed E-state index contributed by atoms with van der Waals surface area (Å²) >= 11 is 1.84. The fraction of sp³-hybridized carbons (Fsp3) is 0.750. The van der Waals surface area contributed by atoms with Crippen molar-refractivity contribution in [1.29, 1.82) is 0 Å². The lowest BCUT2D eigenvalue weighted by Gasteiger charge is -2.02. The van der Waals surface area contributed by atoms with Crippen LogP contribution < -0.4 is 5.32 Å². The van der Waals surface area contributed by atoms with Crippen LogP contribution in [0.15, 0.2) is 0 Å². The molecule has 0 bridgehead atoms. The third kappa shape index (κ3) is 3.85. The molecule has 0 atom stereocenters. The van der Waals surface area contributed by atoms with Crippen molar-refractivity contribution in [3.63, 3.8) is 0 Å². The molecule has 0 amide bonds. The first-order valence-corrected chi connectivity index (χ1v) is 6.68. The Labute approximate surface area is 102 Å². The maximum atomic E-state index is 5.01. The molecule has 92 valence electrons. The largest absolute Gasteiger partial charge is 0.383 e. The number of nitrogens with one attached hydrogen (secondary N) is 1. The Balaban J connectivity index is 2.56. The molecule has 1 rings (SSSR count). The molecule has 0 radical (unpaired) electrons. The molecule has 1 aromatic heterocycles. The van der Waals surface area contributed by atoms with Gasteiger partial charge in [0, 0.05) is 31.0 Å². The summed E-state index contributed by atoms with van der Waals surface area (Å²) in [7, 11) is 1.72. The lowest BCUT2D eigenvalue weighted by Crippen LogP contribution is -2.18. The van der Waals surface area contributed by atoms with Gasteiger partial charge in [0.05, 0.1) is 17.3 Å². The van der Waals surface area contributed by atoms with E-state index in [1.807, 2.05) is 11.3 Å². The second kappa shape index (κ2) is 6.99. The highest BCUT2D eigenvalue weighted by atomic mass is 32.1. The number of nitrogens with zero attached hydrogens (tertiary/aromatic N) is 1. The average Bonchev–Trinajstić information content (AvgIpc) is 2.68. The van der Waals surface area contributed by atoms with Gasteiger partial charge >= 0.3 is 0 Å². The van der Waals surface area contributed by atoms with E-state index in [9.17, 15) is 0 Å². The van der Waals surface area contributed by atoms with Gasteiger partial charge in [-0.15, -0.1) is 11.3 Å². The van der Waals surface area contributed by atoms with Crippen LogP contribution in [0.3, 0.4) is 0 Å². The maximum absolute atomic E-state index is 5.01. The van der Waals surface area contributed by atoms with Gasteiger partial charge in [-0.2, -0.15) is 0 Å². The third-order valence-corrected chi connectivity index (χ3v) is 3.79. The number of ether oxygens (including phenoxy) is 1. The van der Waals surface area contributed by atoms with Crippen molar-refractivity contribution >= 4 is 11.3 Å². The summed E-state index contributed by atoms with van der Waals surface area (Å²) in [6.45, 7) is 9.13. The number of hydrogen-bond donors (Lipinski definition) is 1. The molecule has 0 aliphatic carbocycles. The van der Waals surface area contributed by atoms with Crippen molar-refractivity contribution in [2.24, 2.45) is 0 Å². The molecule has 1 N–H and O–H groups in total. The van der Waals surface area contributed by atoms with Crippen LogP contribution in [-0.4, -0.2) is 25.2 Å². The van der Waals surface area contributed by atoms with Gasteiger partial charge in [0.2, 0.25) is 0 Å². The molecule has 0 unspecified atom stereocenters. The van der Waals surface area contributed by atoms with Crippen LogP contribution >= 0.6 is 11.3 Å². The minimum Gasteiger partial charge on any atom is -0.383 e. The number of aryl methyl sites for hydroxylation is 1. The summed E-state index contributed by atoms with van der Waals surface area (Å²) in [5, 5.41) is 4.63. The Hall–Kier alpha value is -0.450. The standard InChI is InChI=1S/C12H22N2OS/c1-5-10-11(8-13-6-7-15-4)16-12(14-10)9(2)3/h9,13H,5-8H2,1-4H3. The van der Waals surface area contributed by atoms with Gasteiger partial charge < -0.3 is 10.1 Å². The minimum absolute atomic E-state index is 0.531. The number of methoxy groups -OCH3 is 1. The highest BCUT2D eigenvalue weighted by molar-refractivity contribution is 7.11. The van der Waals surface area contributed by atoms with E-state index in [-0.39, 0.29) is 0 Å². The first-order chi connectivity index (χ1) is 7.69. The summed E-state index contributed by atoms with van der Waals surface area (Å²) in [5.74, 6) is 0.531. The topological polar surface area (TPSA) is 34.2 Å². The van der Waals surface area contributed by atoms with Gasteiger partial charge in [-0.05, 0) is 6.42 Å². The Morgan fingerprint density at radius 2 is 2.19 bits per heavy atom. The van der Waals surface area contributed by atoms with Gasteiger partial charge in [0.1, 0.15) is 0 Å². The van der Waals surface area contributed by atoms with Crippen molar-refractivity contribution in [2.75, 3.05) is 20.3 Å². The molecule has 0 saturated carbocycles. The van der Waals surface area contributed by atoms with Crippen molar-refractivity contribution in [3.05, 3.63) is 15.6 Å². The first kappa shape index (κ1) is 13.6. The molecule has 16 heavy (non-hydrogen) atoms. The predicted molar refractivity (Wildman–Crippen MR) is 69.2 cm³/mol. The molecule has 0 aliphatic heterocycles. The molecule has 0 spiro atoms. The van der Waals surface area contributed by atoms with Crippen molar-refractivity contribution in [3.8, 4) is 0 Å². The zero-order valence-electron chi connectivity index (χ0n) is 10.7. The molecular weight excluding hydrogens is 220 g/mol. The van der Waals surface area contributed by atoms with Crippen molar-refractivity contribution < 1.29 is 4.74 Å². The molecule has 1 heterocycles. The molecule has 0 aliphatic rings. The number of hydrogen-bond acceptors (Lipinski definition) is 4. The van der Waals surface area contributed by atoms with Crippen LogP contribution in [0.5, 0.6) is 0 Å². The minimum atomic E-state index is 0.531. The van der Waals surface area contributed by atoms with E-state index in [4.69, 9.17) is 4.74 Å². The molecular formula is C12H22N2OS. The van der Waals surface area contributed by atoms with E-state index >= 15 is 0 Å². The summed E-state index contributed by atoms with van der Waals surface area (Å²) in [6.07, 6.45) is 1.02. The van der Waals surface area contributed by atoms with Crippen LogP contribution in [0, 0.1) is 0 Å². The lowest BCUT2D eigenvalue weighted by atomic mass is 10.2. The third-order valence-electron chi connectivity index (χ3n) is 2.39. The first-order valence-electron chi connectivity index (χ1n) is 5.87. The summed E-state index contributed by atoms with van der Waals surface area (Å²) in [6, 6.07) is 0. The highest BCUT2D eigenvalue weighted by Crippen LogP contribution is 2.25. The number of thiazole rings is 1. The highest BCUT2D eigenvalue weighted by Gasteiger charge is 2.11. The van der Waals surface area contributed by atoms with Crippen LogP contribution in [-0.2, 0) is 17.7 Å². The zero-order chi connectivity index (χ0) is 12.0. The quantitative estimate of drug-likeness (QED) is 0.746. The Kier molecular flexibility index (Phi) is 5.95. The summed E-state index contributed by atoms with van der Waals surface area (Å²) in [4.78, 5) is 6.05. The van der Waals surface area contributed by atoms with Gasteiger partial charge in [0.15, 0.2) is 0 Å². The fourth-order valence-electron chi connectivity index (χ4n) is 1.44. The number of rotatable bonds is 7. The van der Waals surface area contributed by atoms with E-state index in [2.05, 4.69) is 31.1 Å². The van der Waals surface area contributed by atoms with E-state index in [1.165, 1.54) is 15.6 Å². The Bertz CT molecular complexity index is 310. The van der Waals surface area contributed by atoms with Crippen molar-refractivity contribution in [1.82, 2.24) is 10.3 Å². The summed E-state index contributed by atoms with van der Waals surface area (Å²) < 4.78 is 5.01. The average molecular weight is 242 g/mol. The zero-order valence-corrected chi connectivity index (χ0v) is 11.5. The van der Waals surface area contributed by atoms with E-state index < -0.39 is 0 Å². The van der Waals surface area contributed by atoms with Gasteiger partial charge in [-0.25, -0.2) is 4.98 Å². The van der Waals surface area contributed by atoms with E-state index in [0.717, 1.165) is 26.1 Å². The van der Waals surface area contributed by atoms with E-state index in [0.29, 0.717) is 5.92 Å². The molecule has 0 fully saturated rings. The molecule has 0 aromatic carbocycles. The second-order valence-electron chi connectivity index (χ2n) is 4.10. The molecule has 0 saturated heterocycles. The lowest BCUT2D eigenvalue weighted by molar-refractivity contribution is 0.199. The number of aromatic nitrogens is 1. The monoisotopic (exact) mass is 242 g/mol. The van der Waals surface area contributed by atoms with Crippen LogP contribution in [0.1, 0.15) is 42.3 Å². The van der Waals surface area contributed by atoms with Gasteiger partial charge in [0.25, 0.3) is 0 Å². The van der Waals surface area contributed by atoms with Crippen LogP contribution in [0.25, 0.3) is 0 Å². The smallest absolute Gasteiger partial charge is 0.0957 e. The SMILES string of the molecule is CCc1nc(C(C)C)sc1CNCCOC. The maximum Gasteiger partial charge on any atom is 0.0957 e. The molecule has 1 aromatic rings. The van der Waals surface area contributed by atoms with Gasteiger partial charge in [-0.3, -0.25) is 0 Å². The normalized spacial score (nSPS) is 11.3. The second-order valence-corrected chi connectivity index (χ2v) is 5.22. The fourth-order valence-corrected chi connectivity index (χ4v) is 2.57. The molecule has 4 heteroatoms. The van der Waals surface area contributed by atoms with Crippen LogP contribution in [0.4, 0.5) is 0 Å². The Morgan fingerprint density at radius 3 is 2.75 bits per heavy atom. The molecule has 3 nitrogen and oxygen atoms in total. The van der Waals surface area contributed by atoms with E-state index in [1.54, 1.807) is 7.11 Å².